The van der Waals surface area contributed by atoms with Crippen molar-refractivity contribution in [3.63, 3.8) is 0 Å². The summed E-state index contributed by atoms with van der Waals surface area (Å²) in [4.78, 5) is 32.5. The molecule has 3 amide bonds. The number of hydrogen-bond donors (Lipinski definition) is 3. The van der Waals surface area contributed by atoms with E-state index in [1.54, 1.807) is 30.2 Å². The monoisotopic (exact) mass is 520 g/mol. The number of carbonyl (C=O) groups excluding carboxylic acids is 2. The molecule has 2 aromatic carbocycles. The van der Waals surface area contributed by atoms with E-state index in [9.17, 15) is 22.8 Å². The zero-order valence-electron chi connectivity index (χ0n) is 20.3. The summed E-state index contributed by atoms with van der Waals surface area (Å²) in [5.41, 5.74) is 2.54. The van der Waals surface area contributed by atoms with E-state index in [-0.39, 0.29) is 23.8 Å². The number of methoxy groups -OCH3 is 2. The number of alkyl halides is 3. The number of piperidine rings is 1. The Morgan fingerprint density at radius 1 is 1.05 bits per heavy atom. The highest BCUT2D eigenvalue weighted by molar-refractivity contribution is 5.93. The number of hydrogen-bond acceptors (Lipinski definition) is 6. The van der Waals surface area contributed by atoms with Gasteiger partial charge in [0.2, 0.25) is 0 Å². The molecule has 37 heavy (non-hydrogen) atoms. The summed E-state index contributed by atoms with van der Waals surface area (Å²) < 4.78 is 48.7. The molecule has 1 spiro atoms. The molecular formula is C25H27F3N4O5. The van der Waals surface area contributed by atoms with Crippen LogP contribution in [-0.2, 0) is 22.4 Å². The molecule has 12 heteroatoms. The van der Waals surface area contributed by atoms with Crippen LogP contribution in [0.2, 0.25) is 0 Å². The first kappa shape index (κ1) is 26.1. The van der Waals surface area contributed by atoms with Gasteiger partial charge in [0.05, 0.1) is 19.8 Å². The molecule has 4 rings (SSSR count). The van der Waals surface area contributed by atoms with Crippen LogP contribution in [0.25, 0.3) is 0 Å². The maximum absolute atomic E-state index is 12.7. The number of hydroxylamine groups is 1. The number of anilines is 1. The number of nitrogens with one attached hydrogen (secondary N) is 3. The predicted octanol–water partition coefficient (Wildman–Crippen LogP) is 3.82. The highest BCUT2D eigenvalue weighted by atomic mass is 19.4. The average Bonchev–Trinajstić information content (AvgIpc) is 3.30. The minimum absolute atomic E-state index is 0.267. The van der Waals surface area contributed by atoms with E-state index in [1.165, 1.54) is 19.2 Å². The Morgan fingerprint density at radius 2 is 1.73 bits per heavy atom. The van der Waals surface area contributed by atoms with Crippen molar-refractivity contribution >= 4 is 17.6 Å². The van der Waals surface area contributed by atoms with Gasteiger partial charge in [-0.2, -0.15) is 13.2 Å². The molecule has 198 valence electrons. The number of ether oxygens (including phenoxy) is 2. The van der Waals surface area contributed by atoms with Crippen LogP contribution in [0, 0.1) is 0 Å². The second kappa shape index (κ2) is 10.6. The van der Waals surface area contributed by atoms with E-state index >= 15 is 0 Å². The molecule has 2 aromatic rings. The lowest BCUT2D eigenvalue weighted by molar-refractivity contribution is -0.137. The Balaban J connectivity index is 1.28. The predicted molar refractivity (Wildman–Crippen MR) is 128 cm³/mol. The summed E-state index contributed by atoms with van der Waals surface area (Å²) in [6.45, 7) is 0.944. The van der Waals surface area contributed by atoms with Gasteiger partial charge in [0.15, 0.2) is 11.5 Å². The van der Waals surface area contributed by atoms with Gasteiger partial charge in [0.25, 0.3) is 5.91 Å². The molecule has 0 radical (unpaired) electrons. The van der Waals surface area contributed by atoms with E-state index < -0.39 is 23.4 Å². The van der Waals surface area contributed by atoms with Crippen molar-refractivity contribution < 1.29 is 37.1 Å². The van der Waals surface area contributed by atoms with Gasteiger partial charge >= 0.3 is 12.2 Å². The Hall–Kier alpha value is -3.93. The van der Waals surface area contributed by atoms with Gasteiger partial charge < -0.3 is 25.0 Å². The van der Waals surface area contributed by atoms with Crippen molar-refractivity contribution in [1.82, 2.24) is 15.7 Å². The first-order valence-corrected chi connectivity index (χ1v) is 11.5. The van der Waals surface area contributed by atoms with Gasteiger partial charge in [-0.25, -0.2) is 4.79 Å². The van der Waals surface area contributed by atoms with Gasteiger partial charge in [-0.1, -0.05) is 6.07 Å². The number of halogens is 3. The fourth-order valence-corrected chi connectivity index (χ4v) is 4.14. The zero-order valence-corrected chi connectivity index (χ0v) is 20.3. The Morgan fingerprint density at radius 3 is 2.35 bits per heavy atom. The first-order valence-electron chi connectivity index (χ1n) is 11.5. The third-order valence-corrected chi connectivity index (χ3v) is 6.28. The summed E-state index contributed by atoms with van der Waals surface area (Å²) in [5.74, 6) is 0.811. The Kier molecular flexibility index (Phi) is 7.48. The number of nitrogens with zero attached hydrogens (tertiary/aromatic N) is 1. The molecular weight excluding hydrogens is 493 g/mol. The zero-order chi connectivity index (χ0) is 26.6. The molecule has 0 unspecified atom stereocenters. The fraction of sp³-hybridized carbons (Fsp3) is 0.360. The molecule has 0 atom stereocenters. The summed E-state index contributed by atoms with van der Waals surface area (Å²) in [6, 6.07) is 9.20. The van der Waals surface area contributed by atoms with Gasteiger partial charge in [0, 0.05) is 38.2 Å². The SMILES string of the molecule is COc1ccc(CNC(=O)C2=CC3(CCN(C(=O)Nc4ccc(C(F)(F)F)cc4)CC3)ON2)cc1OC. The lowest BCUT2D eigenvalue weighted by atomic mass is 9.91. The van der Waals surface area contributed by atoms with Crippen molar-refractivity contribution in [2.45, 2.75) is 31.2 Å². The topological polar surface area (TPSA) is 101 Å². The van der Waals surface area contributed by atoms with Crippen LogP contribution in [-0.4, -0.2) is 49.7 Å². The second-order valence-electron chi connectivity index (χ2n) is 8.69. The highest BCUT2D eigenvalue weighted by Gasteiger charge is 2.41. The highest BCUT2D eigenvalue weighted by Crippen LogP contribution is 2.33. The largest absolute Gasteiger partial charge is 0.493 e. The molecule has 0 aliphatic carbocycles. The van der Waals surface area contributed by atoms with Crippen LogP contribution >= 0.6 is 0 Å². The van der Waals surface area contributed by atoms with Crippen molar-refractivity contribution in [2.75, 3.05) is 32.6 Å². The number of amides is 3. The standard InChI is InChI=1S/C25H27F3N4O5/c1-35-20-8-3-16(13-21(20)36-2)15-29-22(33)19-14-24(37-31-19)9-11-32(12-10-24)23(34)30-18-6-4-17(5-7-18)25(26,27)28/h3-8,13-14,31H,9-12,15H2,1-2H3,(H,29,33)(H,30,34). The first-order chi connectivity index (χ1) is 17.6. The van der Waals surface area contributed by atoms with E-state index in [0.717, 1.165) is 17.7 Å². The fourth-order valence-electron chi connectivity index (χ4n) is 4.14. The van der Waals surface area contributed by atoms with Gasteiger partial charge in [-0.3, -0.25) is 15.1 Å². The Labute approximate surface area is 211 Å². The minimum atomic E-state index is -4.44. The quantitative estimate of drug-likeness (QED) is 0.536. The number of carbonyl (C=O) groups is 2. The molecule has 9 nitrogen and oxygen atoms in total. The van der Waals surface area contributed by atoms with Crippen LogP contribution in [0.1, 0.15) is 24.0 Å². The maximum atomic E-state index is 12.7. The van der Waals surface area contributed by atoms with E-state index in [2.05, 4.69) is 16.1 Å². The van der Waals surface area contributed by atoms with Crippen LogP contribution in [0.5, 0.6) is 11.5 Å². The molecule has 1 fully saturated rings. The van der Waals surface area contributed by atoms with Crippen molar-refractivity contribution in [3.8, 4) is 11.5 Å². The minimum Gasteiger partial charge on any atom is -0.493 e. The summed E-state index contributed by atoms with van der Waals surface area (Å²) in [7, 11) is 3.08. The van der Waals surface area contributed by atoms with Crippen molar-refractivity contribution in [2.24, 2.45) is 0 Å². The molecule has 3 N–H and O–H groups in total. The third kappa shape index (κ3) is 6.08. The maximum Gasteiger partial charge on any atom is 0.416 e. The van der Waals surface area contributed by atoms with E-state index in [1.807, 2.05) is 6.07 Å². The average molecular weight is 521 g/mol. The van der Waals surface area contributed by atoms with Crippen molar-refractivity contribution in [1.29, 1.82) is 0 Å². The molecule has 2 heterocycles. The van der Waals surface area contributed by atoms with E-state index in [4.69, 9.17) is 14.3 Å². The van der Waals surface area contributed by atoms with Crippen molar-refractivity contribution in [3.05, 3.63) is 65.4 Å². The molecule has 1 saturated heterocycles. The molecule has 0 bridgehead atoms. The second-order valence-corrected chi connectivity index (χ2v) is 8.69. The van der Waals surface area contributed by atoms with Crippen LogP contribution in [0.4, 0.5) is 23.7 Å². The van der Waals surface area contributed by atoms with Gasteiger partial charge in [0.1, 0.15) is 11.3 Å². The molecule has 2 aliphatic heterocycles. The summed E-state index contributed by atoms with van der Waals surface area (Å²) in [6.07, 6.45) is -1.84. The van der Waals surface area contributed by atoms with Crippen LogP contribution in [0.3, 0.4) is 0 Å². The van der Waals surface area contributed by atoms with Crippen LogP contribution in [0.15, 0.2) is 54.2 Å². The molecule has 2 aliphatic rings. The number of benzene rings is 2. The number of urea groups is 1. The van der Waals surface area contributed by atoms with Crippen LogP contribution < -0.4 is 25.6 Å². The molecule has 0 aromatic heterocycles. The smallest absolute Gasteiger partial charge is 0.416 e. The van der Waals surface area contributed by atoms with Gasteiger partial charge in [-0.15, -0.1) is 0 Å². The lowest BCUT2D eigenvalue weighted by Gasteiger charge is -2.36. The molecule has 0 saturated carbocycles. The third-order valence-electron chi connectivity index (χ3n) is 6.28. The lowest BCUT2D eigenvalue weighted by Crippen LogP contribution is -2.48. The normalized spacial score (nSPS) is 16.6. The summed E-state index contributed by atoms with van der Waals surface area (Å²) >= 11 is 0. The Bertz CT molecular complexity index is 1180. The van der Waals surface area contributed by atoms with Gasteiger partial charge in [-0.05, 0) is 48.0 Å². The number of likely N-dealkylation sites (tertiary alicyclic amines) is 1. The number of rotatable bonds is 6. The van der Waals surface area contributed by atoms with E-state index in [0.29, 0.717) is 37.4 Å². The summed E-state index contributed by atoms with van der Waals surface area (Å²) in [5, 5.41) is 5.44.